The number of fused-ring (bicyclic) bond motifs is 1. The summed E-state index contributed by atoms with van der Waals surface area (Å²) in [7, 11) is -3.46. The molecule has 5 nitrogen and oxygen atoms in total. The maximum Gasteiger partial charge on any atom is 0.241 e. The third kappa shape index (κ3) is 2.78. The van der Waals surface area contributed by atoms with Crippen LogP contribution in [-0.4, -0.2) is 43.6 Å². The largest absolute Gasteiger partial charge is 0.391 e. The number of nitrogens with zero attached hydrogens (tertiary/aromatic N) is 1. The van der Waals surface area contributed by atoms with Gasteiger partial charge in [-0.05, 0) is 31.9 Å². The average molecular weight is 316 g/mol. The first-order chi connectivity index (χ1) is 9.60. The summed E-state index contributed by atoms with van der Waals surface area (Å²) in [5, 5.41) is 10.6. The van der Waals surface area contributed by atoms with Gasteiger partial charge in [-0.3, -0.25) is 4.90 Å². The van der Waals surface area contributed by atoms with Crippen molar-refractivity contribution in [1.29, 1.82) is 0 Å². The Hall–Kier alpha value is -0.470. The van der Waals surface area contributed by atoms with Crippen LogP contribution in [0.1, 0.15) is 30.6 Å². The third-order valence-electron chi connectivity index (χ3n) is 4.26. The predicted octanol–water partition coefficient (Wildman–Crippen LogP) is 1.15. The molecule has 1 aromatic heterocycles. The summed E-state index contributed by atoms with van der Waals surface area (Å²) < 4.78 is 27.6. The van der Waals surface area contributed by atoms with Crippen molar-refractivity contribution in [2.24, 2.45) is 0 Å². The standard InChI is InChI=1S/C13H20N2O3S2/c16-8-10-7-11(9-19-10)20(17,18)14-12-4-6-15-5-2-1-3-13(12)15/h7,9,12-14,16H,1-6,8H2. The van der Waals surface area contributed by atoms with Crippen molar-refractivity contribution < 1.29 is 13.5 Å². The van der Waals surface area contributed by atoms with E-state index in [1.807, 2.05) is 0 Å². The Labute approximate surface area is 123 Å². The van der Waals surface area contributed by atoms with E-state index in [1.54, 1.807) is 11.4 Å². The number of hydrogen-bond donors (Lipinski definition) is 2. The Morgan fingerprint density at radius 2 is 2.20 bits per heavy atom. The molecule has 7 heteroatoms. The van der Waals surface area contributed by atoms with Crippen LogP contribution in [0.25, 0.3) is 0 Å². The van der Waals surface area contributed by atoms with E-state index in [2.05, 4.69) is 9.62 Å². The molecule has 2 aliphatic rings. The average Bonchev–Trinajstić information content (AvgIpc) is 3.06. The van der Waals surface area contributed by atoms with E-state index in [4.69, 9.17) is 5.11 Å². The molecule has 2 unspecified atom stereocenters. The Bertz CT molecular complexity index is 570. The van der Waals surface area contributed by atoms with Gasteiger partial charge in [0.25, 0.3) is 0 Å². The first-order valence-corrected chi connectivity index (χ1v) is 9.41. The summed E-state index contributed by atoms with van der Waals surface area (Å²) in [5.74, 6) is 0. The predicted molar refractivity (Wildman–Crippen MR) is 78.2 cm³/mol. The zero-order chi connectivity index (χ0) is 14.2. The summed E-state index contributed by atoms with van der Waals surface area (Å²) in [4.78, 5) is 3.36. The Morgan fingerprint density at radius 1 is 1.35 bits per heavy atom. The molecule has 3 heterocycles. The highest BCUT2D eigenvalue weighted by Gasteiger charge is 2.37. The topological polar surface area (TPSA) is 69.6 Å². The van der Waals surface area contributed by atoms with Crippen LogP contribution in [0.15, 0.2) is 16.3 Å². The highest BCUT2D eigenvalue weighted by molar-refractivity contribution is 7.89. The van der Waals surface area contributed by atoms with Gasteiger partial charge in [-0.25, -0.2) is 13.1 Å². The van der Waals surface area contributed by atoms with Crippen LogP contribution in [0.2, 0.25) is 0 Å². The molecule has 2 fully saturated rings. The zero-order valence-corrected chi connectivity index (χ0v) is 12.9. The van der Waals surface area contributed by atoms with Gasteiger partial charge < -0.3 is 5.11 Å². The molecule has 0 radical (unpaired) electrons. The number of aliphatic hydroxyl groups excluding tert-OH is 1. The van der Waals surface area contributed by atoms with Gasteiger partial charge in [0.05, 0.1) is 11.5 Å². The molecular weight excluding hydrogens is 296 g/mol. The first-order valence-electron chi connectivity index (χ1n) is 7.05. The van der Waals surface area contributed by atoms with Crippen molar-refractivity contribution in [1.82, 2.24) is 9.62 Å². The van der Waals surface area contributed by atoms with Crippen LogP contribution in [0.4, 0.5) is 0 Å². The number of nitrogens with one attached hydrogen (secondary N) is 1. The fourth-order valence-corrected chi connectivity index (χ4v) is 5.67. The van der Waals surface area contributed by atoms with Crippen molar-refractivity contribution in [3.8, 4) is 0 Å². The Kier molecular flexibility index (Phi) is 4.14. The molecule has 0 bridgehead atoms. The molecule has 2 N–H and O–H groups in total. The number of piperidine rings is 1. The summed E-state index contributed by atoms with van der Waals surface area (Å²) >= 11 is 1.28. The molecule has 1 aromatic rings. The van der Waals surface area contributed by atoms with E-state index >= 15 is 0 Å². The molecule has 20 heavy (non-hydrogen) atoms. The number of thiophene rings is 1. The molecule has 0 saturated carbocycles. The lowest BCUT2D eigenvalue weighted by atomic mass is 10.00. The highest BCUT2D eigenvalue weighted by Crippen LogP contribution is 2.28. The normalized spacial score (nSPS) is 27.6. The summed E-state index contributed by atoms with van der Waals surface area (Å²) in [5.41, 5.74) is 0. The first kappa shape index (κ1) is 14.5. The van der Waals surface area contributed by atoms with Gasteiger partial charge in [-0.15, -0.1) is 11.3 Å². The van der Waals surface area contributed by atoms with Crippen LogP contribution in [-0.2, 0) is 16.6 Å². The van der Waals surface area contributed by atoms with Crippen molar-refractivity contribution in [3.63, 3.8) is 0 Å². The van der Waals surface area contributed by atoms with E-state index in [1.165, 1.54) is 24.2 Å². The quantitative estimate of drug-likeness (QED) is 0.874. The second kappa shape index (κ2) is 5.73. The van der Waals surface area contributed by atoms with Crippen LogP contribution in [0.5, 0.6) is 0 Å². The van der Waals surface area contributed by atoms with Gasteiger partial charge in [-0.2, -0.15) is 0 Å². The van der Waals surface area contributed by atoms with E-state index in [0.29, 0.717) is 10.9 Å². The molecule has 2 aliphatic heterocycles. The molecule has 2 atom stereocenters. The second-order valence-electron chi connectivity index (χ2n) is 5.52. The minimum Gasteiger partial charge on any atom is -0.391 e. The molecular formula is C13H20N2O3S2. The van der Waals surface area contributed by atoms with Crippen molar-refractivity contribution in [3.05, 3.63) is 16.3 Å². The van der Waals surface area contributed by atoms with Gasteiger partial charge in [0.2, 0.25) is 10.0 Å². The van der Waals surface area contributed by atoms with Crippen molar-refractivity contribution in [2.45, 2.75) is 49.3 Å². The highest BCUT2D eigenvalue weighted by atomic mass is 32.2. The van der Waals surface area contributed by atoms with Gasteiger partial charge >= 0.3 is 0 Å². The molecule has 3 rings (SSSR count). The molecule has 2 saturated heterocycles. The monoisotopic (exact) mass is 316 g/mol. The molecule has 112 valence electrons. The van der Waals surface area contributed by atoms with E-state index in [0.717, 1.165) is 25.9 Å². The van der Waals surface area contributed by atoms with Crippen LogP contribution >= 0.6 is 11.3 Å². The van der Waals surface area contributed by atoms with Crippen molar-refractivity contribution in [2.75, 3.05) is 13.1 Å². The number of aliphatic hydroxyl groups is 1. The number of rotatable bonds is 4. The van der Waals surface area contributed by atoms with E-state index in [9.17, 15) is 8.42 Å². The number of sulfonamides is 1. The summed E-state index contributed by atoms with van der Waals surface area (Å²) in [6.45, 7) is 1.97. The number of hydrogen-bond acceptors (Lipinski definition) is 5. The zero-order valence-electron chi connectivity index (χ0n) is 11.3. The van der Waals surface area contributed by atoms with Crippen LogP contribution in [0, 0.1) is 0 Å². The second-order valence-corrected chi connectivity index (χ2v) is 8.23. The lowest BCUT2D eigenvalue weighted by Gasteiger charge is -2.32. The lowest BCUT2D eigenvalue weighted by molar-refractivity contribution is 0.186. The van der Waals surface area contributed by atoms with Crippen molar-refractivity contribution >= 4 is 21.4 Å². The molecule has 0 aromatic carbocycles. The SMILES string of the molecule is O=S(=O)(NC1CCN2CCCCC12)c1csc(CO)c1. The maximum atomic E-state index is 12.4. The minimum absolute atomic E-state index is 0.0257. The maximum absolute atomic E-state index is 12.4. The van der Waals surface area contributed by atoms with E-state index in [-0.39, 0.29) is 17.5 Å². The van der Waals surface area contributed by atoms with Gasteiger partial charge in [0, 0.05) is 28.9 Å². The van der Waals surface area contributed by atoms with Gasteiger partial charge in [-0.1, -0.05) is 6.42 Å². The Morgan fingerprint density at radius 3 is 2.95 bits per heavy atom. The molecule has 0 amide bonds. The van der Waals surface area contributed by atoms with E-state index < -0.39 is 10.0 Å². The Balaban J connectivity index is 1.73. The smallest absolute Gasteiger partial charge is 0.241 e. The summed E-state index contributed by atoms with van der Waals surface area (Å²) in [6, 6.07) is 1.94. The molecule has 0 aliphatic carbocycles. The lowest BCUT2D eigenvalue weighted by Crippen LogP contribution is -2.46. The minimum atomic E-state index is -3.46. The fourth-order valence-electron chi connectivity index (χ4n) is 3.24. The van der Waals surface area contributed by atoms with Crippen LogP contribution in [0.3, 0.4) is 0 Å². The van der Waals surface area contributed by atoms with Gasteiger partial charge in [0.1, 0.15) is 0 Å². The van der Waals surface area contributed by atoms with Gasteiger partial charge in [0.15, 0.2) is 0 Å². The fraction of sp³-hybridized carbons (Fsp3) is 0.692. The van der Waals surface area contributed by atoms with Crippen LogP contribution < -0.4 is 4.72 Å². The molecule has 0 spiro atoms. The summed E-state index contributed by atoms with van der Waals surface area (Å²) in [6.07, 6.45) is 4.38. The third-order valence-corrected chi connectivity index (χ3v) is 6.80.